The number of carboxylic acid groups (broad SMARTS) is 2. The lowest BCUT2D eigenvalue weighted by atomic mass is 10.3. The summed E-state index contributed by atoms with van der Waals surface area (Å²) in [6, 6.07) is 17.4. The standard InChI is InChI=1S/2C6H6O.CH2O3/c2*7-6-4-2-1-3-5-6;2-1(3)4/h2*1-5,7H;(H2,2,3,4)/p-2. The minimum Gasteiger partial charge on any atom is -0.652 e. The second-order valence-electron chi connectivity index (χ2n) is 2.92. The van der Waals surface area contributed by atoms with Crippen LogP contribution >= 0.6 is 0 Å². The molecule has 2 aromatic carbocycles. The molecular formula is C13H12O5-2. The minimum atomic E-state index is -2.33. The Balaban J connectivity index is 0.000000253. The molecule has 0 heterocycles. The fourth-order valence-electron chi connectivity index (χ4n) is 0.856. The van der Waals surface area contributed by atoms with Gasteiger partial charge in [0, 0.05) is 0 Å². The minimum absolute atomic E-state index is 0.322. The number of phenols is 2. The van der Waals surface area contributed by atoms with Crippen LogP contribution in [0, 0.1) is 0 Å². The van der Waals surface area contributed by atoms with Crippen molar-refractivity contribution >= 4 is 6.16 Å². The molecule has 0 aliphatic carbocycles. The van der Waals surface area contributed by atoms with E-state index in [1.807, 2.05) is 12.1 Å². The van der Waals surface area contributed by atoms with Crippen LogP contribution in [-0.4, -0.2) is 16.4 Å². The molecule has 18 heavy (non-hydrogen) atoms. The molecule has 0 amide bonds. The first-order chi connectivity index (χ1) is 8.52. The lowest BCUT2D eigenvalue weighted by Crippen LogP contribution is -2.37. The lowest BCUT2D eigenvalue weighted by Gasteiger charge is -1.96. The molecule has 2 aromatic rings. The predicted molar refractivity (Wildman–Crippen MR) is 61.6 cm³/mol. The smallest absolute Gasteiger partial charge is 0.115 e. The molecule has 0 saturated carbocycles. The van der Waals surface area contributed by atoms with Gasteiger partial charge in [0.2, 0.25) is 0 Å². The first-order valence-electron chi connectivity index (χ1n) is 4.88. The van der Waals surface area contributed by atoms with E-state index >= 15 is 0 Å². The van der Waals surface area contributed by atoms with E-state index in [0.29, 0.717) is 11.5 Å². The molecule has 0 atom stereocenters. The maximum atomic E-state index is 8.63. The molecular weight excluding hydrogens is 236 g/mol. The fraction of sp³-hybridized carbons (Fsp3) is 0. The summed E-state index contributed by atoms with van der Waals surface area (Å²) in [5.74, 6) is 0.644. The number of para-hydroxylation sites is 2. The van der Waals surface area contributed by atoms with E-state index < -0.39 is 6.16 Å². The van der Waals surface area contributed by atoms with E-state index in [4.69, 9.17) is 25.2 Å². The second kappa shape index (κ2) is 9.53. The van der Waals surface area contributed by atoms with Crippen LogP contribution in [0.1, 0.15) is 0 Å². The van der Waals surface area contributed by atoms with Crippen molar-refractivity contribution in [1.29, 1.82) is 0 Å². The van der Waals surface area contributed by atoms with Gasteiger partial charge in [-0.1, -0.05) is 36.4 Å². The highest BCUT2D eigenvalue weighted by molar-refractivity contribution is 5.47. The Labute approximate surface area is 104 Å². The summed E-state index contributed by atoms with van der Waals surface area (Å²) >= 11 is 0. The van der Waals surface area contributed by atoms with Crippen LogP contribution in [-0.2, 0) is 0 Å². The average Bonchev–Trinajstić information content (AvgIpc) is 2.31. The summed E-state index contributed by atoms with van der Waals surface area (Å²) in [5.41, 5.74) is 0. The molecule has 2 N–H and O–H groups in total. The maximum absolute atomic E-state index is 8.63. The fourth-order valence-corrected chi connectivity index (χ4v) is 0.856. The third-order valence-corrected chi connectivity index (χ3v) is 1.51. The highest BCUT2D eigenvalue weighted by Crippen LogP contribution is 2.03. The zero-order valence-corrected chi connectivity index (χ0v) is 9.39. The van der Waals surface area contributed by atoms with Crippen molar-refractivity contribution in [3.63, 3.8) is 0 Å². The van der Waals surface area contributed by atoms with Crippen molar-refractivity contribution in [2.75, 3.05) is 0 Å². The van der Waals surface area contributed by atoms with Crippen molar-refractivity contribution in [3.8, 4) is 11.5 Å². The van der Waals surface area contributed by atoms with Gasteiger partial charge in [-0.2, -0.15) is 0 Å². The van der Waals surface area contributed by atoms with E-state index in [1.165, 1.54) is 0 Å². The predicted octanol–water partition coefficient (Wildman–Crippen LogP) is 0.337. The molecule has 0 saturated heterocycles. The zero-order chi connectivity index (χ0) is 13.8. The molecule has 96 valence electrons. The SMILES string of the molecule is O=C([O-])[O-].Oc1ccccc1.Oc1ccccc1. The lowest BCUT2D eigenvalue weighted by molar-refractivity contribution is -0.415. The average molecular weight is 248 g/mol. The van der Waals surface area contributed by atoms with E-state index in [2.05, 4.69) is 0 Å². The molecule has 0 spiro atoms. The van der Waals surface area contributed by atoms with Crippen LogP contribution in [0.15, 0.2) is 60.7 Å². The van der Waals surface area contributed by atoms with Gasteiger partial charge in [0.25, 0.3) is 0 Å². The Kier molecular flexibility index (Phi) is 8.11. The van der Waals surface area contributed by atoms with E-state index in [9.17, 15) is 0 Å². The van der Waals surface area contributed by atoms with Gasteiger partial charge in [-0.3, -0.25) is 0 Å². The Bertz CT molecular complexity index is 386. The molecule has 5 heteroatoms. The zero-order valence-electron chi connectivity index (χ0n) is 9.39. The highest BCUT2D eigenvalue weighted by atomic mass is 16.6. The molecule has 5 nitrogen and oxygen atoms in total. The van der Waals surface area contributed by atoms with Crippen LogP contribution in [0.4, 0.5) is 4.79 Å². The first-order valence-corrected chi connectivity index (χ1v) is 4.88. The van der Waals surface area contributed by atoms with Crippen LogP contribution < -0.4 is 10.2 Å². The summed E-state index contributed by atoms with van der Waals surface area (Å²) < 4.78 is 0. The van der Waals surface area contributed by atoms with Gasteiger partial charge in [-0.25, -0.2) is 0 Å². The van der Waals surface area contributed by atoms with Crippen LogP contribution in [0.5, 0.6) is 11.5 Å². The Morgan fingerprint density at radius 2 is 0.944 bits per heavy atom. The molecule has 0 aliphatic heterocycles. The van der Waals surface area contributed by atoms with Gasteiger partial charge in [-0.15, -0.1) is 0 Å². The first kappa shape index (κ1) is 15.3. The summed E-state index contributed by atoms with van der Waals surface area (Å²) in [6.45, 7) is 0. The molecule has 0 radical (unpaired) electrons. The van der Waals surface area contributed by atoms with E-state index in [1.54, 1.807) is 48.5 Å². The quantitative estimate of drug-likeness (QED) is 0.699. The number of rotatable bonds is 0. The van der Waals surface area contributed by atoms with Gasteiger partial charge in [0.05, 0.1) is 0 Å². The molecule has 0 unspecified atom stereocenters. The van der Waals surface area contributed by atoms with Gasteiger partial charge in [0.1, 0.15) is 11.5 Å². The normalized spacial score (nSPS) is 8.00. The molecule has 0 aromatic heterocycles. The van der Waals surface area contributed by atoms with Crippen molar-refractivity contribution in [2.45, 2.75) is 0 Å². The van der Waals surface area contributed by atoms with Crippen LogP contribution in [0.2, 0.25) is 0 Å². The van der Waals surface area contributed by atoms with Crippen molar-refractivity contribution in [3.05, 3.63) is 60.7 Å². The number of hydrogen-bond donors (Lipinski definition) is 2. The van der Waals surface area contributed by atoms with Crippen molar-refractivity contribution < 1.29 is 25.2 Å². The Hall–Kier alpha value is -2.69. The number of carbonyl (C=O) groups excluding carboxylic acids is 1. The molecule has 0 fully saturated rings. The summed E-state index contributed by atoms with van der Waals surface area (Å²) in [6.07, 6.45) is -2.33. The molecule has 2 rings (SSSR count). The van der Waals surface area contributed by atoms with Crippen LogP contribution in [0.3, 0.4) is 0 Å². The summed E-state index contributed by atoms with van der Waals surface area (Å²) in [4.78, 5) is 8.33. The van der Waals surface area contributed by atoms with Gasteiger partial charge >= 0.3 is 0 Å². The van der Waals surface area contributed by atoms with E-state index in [0.717, 1.165) is 0 Å². The van der Waals surface area contributed by atoms with E-state index in [-0.39, 0.29) is 0 Å². The summed E-state index contributed by atoms with van der Waals surface area (Å²) in [5, 5.41) is 33.9. The number of hydrogen-bond acceptors (Lipinski definition) is 5. The molecule has 0 bridgehead atoms. The monoisotopic (exact) mass is 248 g/mol. The van der Waals surface area contributed by atoms with Gasteiger partial charge in [0.15, 0.2) is 0 Å². The number of carbonyl (C=O) groups is 1. The van der Waals surface area contributed by atoms with Crippen molar-refractivity contribution in [1.82, 2.24) is 0 Å². The number of aromatic hydroxyl groups is 2. The van der Waals surface area contributed by atoms with Gasteiger partial charge in [-0.05, 0) is 30.4 Å². The third kappa shape index (κ3) is 11.4. The Morgan fingerprint density at radius 3 is 1.06 bits per heavy atom. The van der Waals surface area contributed by atoms with Crippen molar-refractivity contribution in [2.24, 2.45) is 0 Å². The highest BCUT2D eigenvalue weighted by Gasteiger charge is 1.75. The maximum Gasteiger partial charge on any atom is 0.115 e. The topological polar surface area (TPSA) is 104 Å². The molecule has 0 aliphatic rings. The number of phenolic OH excluding ortho intramolecular Hbond substituents is 2. The van der Waals surface area contributed by atoms with Crippen LogP contribution in [0.25, 0.3) is 0 Å². The second-order valence-corrected chi connectivity index (χ2v) is 2.92. The van der Waals surface area contributed by atoms with Gasteiger partial charge < -0.3 is 25.2 Å². The Morgan fingerprint density at radius 1 is 0.722 bits per heavy atom. The largest absolute Gasteiger partial charge is 0.652 e. The summed E-state index contributed by atoms with van der Waals surface area (Å²) in [7, 11) is 0. The number of benzene rings is 2. The third-order valence-electron chi connectivity index (χ3n) is 1.51.